The van der Waals surface area contributed by atoms with Crippen LogP contribution >= 0.6 is 23.1 Å². The Morgan fingerprint density at radius 3 is 2.86 bits per heavy atom. The lowest BCUT2D eigenvalue weighted by molar-refractivity contribution is -0.113. The Kier molecular flexibility index (Phi) is 6.01. The number of nitrogens with one attached hydrogen (secondary N) is 1. The summed E-state index contributed by atoms with van der Waals surface area (Å²) in [5.41, 5.74) is 3.84. The van der Waals surface area contributed by atoms with Crippen molar-refractivity contribution >= 4 is 50.2 Å². The molecule has 1 fully saturated rings. The van der Waals surface area contributed by atoms with Crippen LogP contribution in [0.3, 0.4) is 0 Å². The fourth-order valence-corrected chi connectivity index (χ4v) is 5.31. The van der Waals surface area contributed by atoms with E-state index in [1.54, 1.807) is 11.3 Å². The third-order valence-electron chi connectivity index (χ3n) is 5.42. The van der Waals surface area contributed by atoms with Crippen LogP contribution in [-0.4, -0.2) is 39.7 Å². The van der Waals surface area contributed by atoms with Crippen molar-refractivity contribution in [2.45, 2.75) is 38.6 Å². The number of anilines is 2. The average Bonchev–Trinajstić information content (AvgIpc) is 3.15. The van der Waals surface area contributed by atoms with E-state index in [1.165, 1.54) is 30.9 Å². The number of amides is 1. The molecule has 152 valence electrons. The number of carbonyl (C=O) groups is 1. The molecular weight excluding hydrogens is 402 g/mol. The van der Waals surface area contributed by atoms with E-state index in [4.69, 9.17) is 4.98 Å². The number of rotatable bonds is 5. The molecule has 3 heterocycles. The molecule has 1 N–H and O–H groups in total. The first-order chi connectivity index (χ1) is 14.0. The number of hydrogen-bond acceptors (Lipinski definition) is 7. The first-order valence-corrected chi connectivity index (χ1v) is 11.7. The van der Waals surface area contributed by atoms with Gasteiger partial charge in [0.25, 0.3) is 0 Å². The number of aryl methyl sites for hydroxylation is 1. The van der Waals surface area contributed by atoms with Crippen molar-refractivity contribution in [2.24, 2.45) is 5.92 Å². The maximum Gasteiger partial charge on any atom is 0.234 e. The van der Waals surface area contributed by atoms with E-state index >= 15 is 0 Å². The largest absolute Gasteiger partial charge is 0.348 e. The average molecular weight is 428 g/mol. The molecule has 4 rings (SSSR count). The molecular formula is C21H25N5OS2. The van der Waals surface area contributed by atoms with Crippen molar-refractivity contribution in [1.82, 2.24) is 15.0 Å². The van der Waals surface area contributed by atoms with Gasteiger partial charge in [-0.15, -0.1) is 0 Å². The van der Waals surface area contributed by atoms with E-state index in [0.717, 1.165) is 56.3 Å². The van der Waals surface area contributed by atoms with E-state index in [1.807, 2.05) is 32.0 Å². The normalized spacial score (nSPS) is 15.1. The molecule has 1 aliphatic rings. The minimum absolute atomic E-state index is 0.0368. The van der Waals surface area contributed by atoms with Gasteiger partial charge in [0.05, 0.1) is 5.75 Å². The van der Waals surface area contributed by atoms with Crippen LogP contribution in [0, 0.1) is 19.8 Å². The van der Waals surface area contributed by atoms with Gasteiger partial charge in [-0.2, -0.15) is 4.98 Å². The monoisotopic (exact) mass is 427 g/mol. The highest BCUT2D eigenvalue weighted by Gasteiger charge is 2.21. The topological polar surface area (TPSA) is 71.0 Å². The zero-order valence-corrected chi connectivity index (χ0v) is 18.6. The molecule has 1 amide bonds. The molecule has 0 unspecified atom stereocenters. The summed E-state index contributed by atoms with van der Waals surface area (Å²) in [6.07, 6.45) is 3.93. The summed E-state index contributed by atoms with van der Waals surface area (Å²) in [6, 6.07) is 5.93. The standard InChI is InChI=1S/C21H25N5OS2/c1-13-7-9-26(10-8-13)21-25-19-18(29-21)20(23-12-22-19)28-11-17(27)24-16-6-4-5-14(2)15(16)3/h4-6,12-13H,7-11H2,1-3H3,(H,24,27). The van der Waals surface area contributed by atoms with Crippen LogP contribution in [0.15, 0.2) is 29.6 Å². The SMILES string of the molecule is Cc1cccc(NC(=O)CSc2ncnc3nc(N4CCC(C)CC4)sc23)c1C. The van der Waals surface area contributed by atoms with Gasteiger partial charge in [0.15, 0.2) is 10.8 Å². The Labute approximate surface area is 179 Å². The number of carbonyl (C=O) groups excluding carboxylic acids is 1. The molecule has 6 nitrogen and oxygen atoms in total. The zero-order chi connectivity index (χ0) is 20.4. The molecule has 0 radical (unpaired) electrons. The Morgan fingerprint density at radius 1 is 1.28 bits per heavy atom. The minimum atomic E-state index is -0.0368. The summed E-state index contributed by atoms with van der Waals surface area (Å²) in [5, 5.41) is 4.83. The molecule has 1 aliphatic heterocycles. The number of fused-ring (bicyclic) bond motifs is 1. The maximum atomic E-state index is 12.5. The van der Waals surface area contributed by atoms with Crippen molar-refractivity contribution in [3.63, 3.8) is 0 Å². The van der Waals surface area contributed by atoms with Crippen LogP contribution in [0.1, 0.15) is 30.9 Å². The van der Waals surface area contributed by atoms with E-state index in [-0.39, 0.29) is 5.91 Å². The second-order valence-electron chi connectivity index (χ2n) is 7.58. The fraction of sp³-hybridized carbons (Fsp3) is 0.429. The highest BCUT2D eigenvalue weighted by Crippen LogP contribution is 2.35. The second-order valence-corrected chi connectivity index (χ2v) is 9.52. The summed E-state index contributed by atoms with van der Waals surface area (Å²) >= 11 is 3.07. The van der Waals surface area contributed by atoms with E-state index < -0.39 is 0 Å². The second kappa shape index (κ2) is 8.67. The van der Waals surface area contributed by atoms with Gasteiger partial charge in [0.2, 0.25) is 5.91 Å². The summed E-state index contributed by atoms with van der Waals surface area (Å²) in [5.74, 6) is 1.04. The number of hydrogen-bond donors (Lipinski definition) is 1. The van der Waals surface area contributed by atoms with Crippen molar-refractivity contribution in [3.8, 4) is 0 Å². The minimum Gasteiger partial charge on any atom is -0.348 e. The lowest BCUT2D eigenvalue weighted by Gasteiger charge is -2.29. The molecule has 0 aliphatic carbocycles. The summed E-state index contributed by atoms with van der Waals surface area (Å²) in [6.45, 7) is 8.44. The van der Waals surface area contributed by atoms with Crippen molar-refractivity contribution in [2.75, 3.05) is 29.1 Å². The lowest BCUT2D eigenvalue weighted by atomic mass is 10.00. The third-order valence-corrected chi connectivity index (χ3v) is 7.65. The van der Waals surface area contributed by atoms with Crippen molar-refractivity contribution in [3.05, 3.63) is 35.7 Å². The molecule has 0 saturated carbocycles. The van der Waals surface area contributed by atoms with Crippen molar-refractivity contribution < 1.29 is 4.79 Å². The quantitative estimate of drug-likeness (QED) is 0.471. The van der Waals surface area contributed by atoms with Gasteiger partial charge in [-0.1, -0.05) is 42.2 Å². The van der Waals surface area contributed by atoms with Crippen LogP contribution in [-0.2, 0) is 4.79 Å². The van der Waals surface area contributed by atoms with Gasteiger partial charge in [0, 0.05) is 18.8 Å². The number of nitrogens with zero attached hydrogens (tertiary/aromatic N) is 4. The van der Waals surface area contributed by atoms with Crippen LogP contribution < -0.4 is 10.2 Å². The predicted octanol–water partition coefficient (Wildman–Crippen LogP) is 4.67. The molecule has 1 aromatic carbocycles. The Balaban J connectivity index is 1.45. The molecule has 8 heteroatoms. The maximum absolute atomic E-state index is 12.5. The number of thioether (sulfide) groups is 1. The molecule has 0 spiro atoms. The molecule has 29 heavy (non-hydrogen) atoms. The van der Waals surface area contributed by atoms with Crippen LogP contribution in [0.2, 0.25) is 0 Å². The fourth-order valence-electron chi connectivity index (χ4n) is 3.37. The molecule has 0 bridgehead atoms. The Morgan fingerprint density at radius 2 is 2.07 bits per heavy atom. The number of thiazole rings is 1. The number of piperidine rings is 1. The van der Waals surface area contributed by atoms with E-state index in [0.29, 0.717) is 5.75 Å². The lowest BCUT2D eigenvalue weighted by Crippen LogP contribution is -2.32. The third kappa shape index (κ3) is 4.53. The first kappa shape index (κ1) is 20.1. The van der Waals surface area contributed by atoms with Crippen LogP contribution in [0.25, 0.3) is 10.3 Å². The summed E-state index contributed by atoms with van der Waals surface area (Å²) in [4.78, 5) is 28.3. The van der Waals surface area contributed by atoms with Gasteiger partial charge in [-0.05, 0) is 49.8 Å². The van der Waals surface area contributed by atoms with E-state index in [9.17, 15) is 4.79 Å². The molecule has 3 aromatic rings. The Hall–Kier alpha value is -2.19. The Bertz CT molecular complexity index is 1030. The van der Waals surface area contributed by atoms with Gasteiger partial charge >= 0.3 is 0 Å². The van der Waals surface area contributed by atoms with E-state index in [2.05, 4.69) is 27.1 Å². The highest BCUT2D eigenvalue weighted by molar-refractivity contribution is 8.00. The molecule has 1 saturated heterocycles. The van der Waals surface area contributed by atoms with Gasteiger partial charge in [-0.3, -0.25) is 4.79 Å². The van der Waals surface area contributed by atoms with Gasteiger partial charge in [-0.25, -0.2) is 9.97 Å². The summed E-state index contributed by atoms with van der Waals surface area (Å²) in [7, 11) is 0. The van der Waals surface area contributed by atoms with Crippen LogP contribution in [0.5, 0.6) is 0 Å². The van der Waals surface area contributed by atoms with Crippen molar-refractivity contribution in [1.29, 1.82) is 0 Å². The number of aromatic nitrogens is 3. The zero-order valence-electron chi connectivity index (χ0n) is 16.9. The number of benzene rings is 1. The van der Waals surface area contributed by atoms with Crippen LogP contribution in [0.4, 0.5) is 10.8 Å². The molecule has 0 atom stereocenters. The van der Waals surface area contributed by atoms with Gasteiger partial charge < -0.3 is 10.2 Å². The predicted molar refractivity (Wildman–Crippen MR) is 121 cm³/mol. The molecule has 2 aromatic heterocycles. The first-order valence-electron chi connectivity index (χ1n) is 9.86. The highest BCUT2D eigenvalue weighted by atomic mass is 32.2. The van der Waals surface area contributed by atoms with Gasteiger partial charge in [0.1, 0.15) is 16.1 Å². The summed E-state index contributed by atoms with van der Waals surface area (Å²) < 4.78 is 0.964. The smallest absolute Gasteiger partial charge is 0.234 e.